The van der Waals surface area contributed by atoms with Crippen LogP contribution < -0.4 is 18.9 Å². The molecule has 8 aromatic rings. The summed E-state index contributed by atoms with van der Waals surface area (Å²) in [5.74, 6) is 8.80. The Balaban J connectivity index is 1.32. The van der Waals surface area contributed by atoms with Gasteiger partial charge >= 0.3 is 422 Å². The zero-order chi connectivity index (χ0) is 48.2. The van der Waals surface area contributed by atoms with Gasteiger partial charge in [-0.25, -0.2) is 0 Å². The third-order valence-corrected chi connectivity index (χ3v) is 35.7. The standard InChI is InChI=1S/C64H58Ge2O4/c1-65(61(49-31-19-35-53(41-49)67-3)57(45-23-11-7-12-24-45)58(46-25-13-8-14-26-46)62(65)50-32-20-36-54(42-50)68-4)39-40-66(2)63(51-33-21-37-55(43-51)69-5)59(47-27-15-9-16-28-47)60(48-29-17-10-18-30-48)64(66)52-34-22-38-56(44-52)70-6/h7-38,41-44H,39-40H2,1-6H3. The Morgan fingerprint density at radius 2 is 0.457 bits per heavy atom. The van der Waals surface area contributed by atoms with Gasteiger partial charge in [0.25, 0.3) is 0 Å². The van der Waals surface area contributed by atoms with Crippen molar-refractivity contribution in [1.82, 2.24) is 0 Å². The van der Waals surface area contributed by atoms with E-state index in [0.29, 0.717) is 0 Å². The van der Waals surface area contributed by atoms with Crippen LogP contribution >= 0.6 is 0 Å². The summed E-state index contributed by atoms with van der Waals surface area (Å²) in [7, 11) is 7.10. The van der Waals surface area contributed by atoms with Crippen molar-refractivity contribution in [1.29, 1.82) is 0 Å². The molecule has 0 saturated heterocycles. The van der Waals surface area contributed by atoms with Gasteiger partial charge in [-0.1, -0.05) is 0 Å². The van der Waals surface area contributed by atoms with Crippen LogP contribution in [-0.4, -0.2) is 55.0 Å². The number of methoxy groups -OCH3 is 4. The van der Waals surface area contributed by atoms with Crippen LogP contribution in [0.15, 0.2) is 218 Å². The van der Waals surface area contributed by atoms with E-state index in [1.165, 1.54) is 84.4 Å². The minimum absolute atomic E-state index is 0.852. The molecule has 2 aliphatic rings. The van der Waals surface area contributed by atoms with E-state index in [2.05, 4.69) is 230 Å². The third-order valence-electron chi connectivity index (χ3n) is 14.5. The number of ether oxygens (including phenoxy) is 4. The molecule has 0 aromatic heterocycles. The zero-order valence-corrected chi connectivity index (χ0v) is 45.0. The van der Waals surface area contributed by atoms with Crippen LogP contribution in [0.2, 0.25) is 22.0 Å². The predicted octanol–water partition coefficient (Wildman–Crippen LogP) is 15.8. The minimum atomic E-state index is -3.73. The van der Waals surface area contributed by atoms with Gasteiger partial charge in [0.1, 0.15) is 0 Å². The van der Waals surface area contributed by atoms with Crippen molar-refractivity contribution in [2.75, 3.05) is 28.4 Å². The van der Waals surface area contributed by atoms with Gasteiger partial charge in [-0.3, -0.25) is 0 Å². The molecule has 0 saturated carbocycles. The van der Waals surface area contributed by atoms with Crippen molar-refractivity contribution in [3.63, 3.8) is 0 Å². The van der Waals surface area contributed by atoms with Crippen LogP contribution in [0.1, 0.15) is 44.5 Å². The Bertz CT molecular complexity index is 2880. The fraction of sp³-hybridized carbons (Fsp3) is 0.125. The summed E-state index contributed by atoms with van der Waals surface area (Å²) >= 11 is -7.45. The molecular formula is C64H58Ge2O4. The molecule has 6 heteroatoms. The fourth-order valence-electron chi connectivity index (χ4n) is 11.4. The van der Waals surface area contributed by atoms with E-state index in [-0.39, 0.29) is 0 Å². The average Bonchev–Trinajstić information content (AvgIpc) is 3.87. The van der Waals surface area contributed by atoms with E-state index >= 15 is 0 Å². The zero-order valence-electron chi connectivity index (χ0n) is 40.8. The van der Waals surface area contributed by atoms with Crippen molar-refractivity contribution in [3.05, 3.63) is 263 Å². The number of hydrogen-bond acceptors (Lipinski definition) is 4. The van der Waals surface area contributed by atoms with E-state index in [1.807, 2.05) is 0 Å². The molecule has 2 heterocycles. The van der Waals surface area contributed by atoms with Crippen LogP contribution in [-0.2, 0) is 0 Å². The second-order valence-electron chi connectivity index (χ2n) is 18.6. The van der Waals surface area contributed by atoms with E-state index in [9.17, 15) is 0 Å². The topological polar surface area (TPSA) is 36.9 Å². The van der Waals surface area contributed by atoms with Gasteiger partial charge in [0, 0.05) is 0 Å². The summed E-state index contributed by atoms with van der Waals surface area (Å²) in [4.78, 5) is 0. The Labute approximate surface area is 419 Å². The molecule has 0 fully saturated rings. The molecule has 4 nitrogen and oxygen atoms in total. The molecule has 10 rings (SSSR count). The van der Waals surface area contributed by atoms with Crippen molar-refractivity contribution < 1.29 is 18.9 Å². The van der Waals surface area contributed by atoms with Crippen LogP contribution in [0, 0.1) is 0 Å². The van der Waals surface area contributed by atoms with Gasteiger partial charge in [0.15, 0.2) is 0 Å². The number of hydrogen-bond donors (Lipinski definition) is 0. The van der Waals surface area contributed by atoms with Gasteiger partial charge in [0.2, 0.25) is 0 Å². The van der Waals surface area contributed by atoms with E-state index in [4.69, 9.17) is 18.9 Å². The second kappa shape index (κ2) is 20.2. The number of rotatable bonds is 15. The molecule has 0 bridgehead atoms. The quantitative estimate of drug-likeness (QED) is 0.0959. The van der Waals surface area contributed by atoms with E-state index < -0.39 is 26.5 Å². The Kier molecular flexibility index (Phi) is 13.5. The fourth-order valence-corrected chi connectivity index (χ4v) is 41.1. The normalized spacial score (nSPS) is 15.1. The molecule has 0 N–H and O–H groups in total. The SMILES string of the molecule is COc1cccc([C]2=C(c3ccccc3)C(c3ccccc3)=[C](c3cccc(OC)c3)[Ge]2([CH3])[CH2][CH2][Ge]2([CH3])[C](c3cccc(OC)c3)=C(c3ccccc3)C(c3ccccc3)=[C]2c2cccc(OC)c2)c1. The first-order valence-corrected chi connectivity index (χ1v) is 35.4. The molecule has 70 heavy (non-hydrogen) atoms. The molecular weight excluding hydrogens is 978 g/mol. The van der Waals surface area contributed by atoms with Crippen LogP contribution in [0.5, 0.6) is 23.0 Å². The van der Waals surface area contributed by atoms with Gasteiger partial charge in [-0.2, -0.15) is 0 Å². The van der Waals surface area contributed by atoms with Crippen molar-refractivity contribution in [3.8, 4) is 23.0 Å². The molecule has 8 aromatic carbocycles. The van der Waals surface area contributed by atoms with Gasteiger partial charge in [-0.05, 0) is 0 Å². The third kappa shape index (κ3) is 8.58. The molecule has 0 amide bonds. The summed E-state index contributed by atoms with van der Waals surface area (Å²) in [6.07, 6.45) is 0. The Morgan fingerprint density at radius 3 is 0.657 bits per heavy atom. The Morgan fingerprint density at radius 1 is 0.257 bits per heavy atom. The maximum atomic E-state index is 6.05. The van der Waals surface area contributed by atoms with Crippen molar-refractivity contribution >= 4 is 66.4 Å². The van der Waals surface area contributed by atoms with Crippen LogP contribution in [0.25, 0.3) is 39.9 Å². The summed E-state index contributed by atoms with van der Waals surface area (Å²) < 4.78 is 30.1. The van der Waals surface area contributed by atoms with E-state index in [0.717, 1.165) is 33.5 Å². The van der Waals surface area contributed by atoms with E-state index in [1.54, 1.807) is 28.4 Å². The Hall–Kier alpha value is -6.99. The number of benzene rings is 8. The monoisotopic (exact) mass is 1040 g/mol. The molecule has 0 unspecified atom stereocenters. The molecule has 0 radical (unpaired) electrons. The molecule has 0 aliphatic carbocycles. The molecule has 346 valence electrons. The summed E-state index contributed by atoms with van der Waals surface area (Å²) in [5.41, 5.74) is 15.0. The second-order valence-corrected chi connectivity index (χ2v) is 36.0. The molecule has 2 aliphatic heterocycles. The first-order chi connectivity index (χ1) is 34.3. The summed E-state index contributed by atoms with van der Waals surface area (Å²) in [5, 5.41) is 2.04. The van der Waals surface area contributed by atoms with Gasteiger partial charge in [0.05, 0.1) is 0 Å². The maximum absolute atomic E-state index is 6.05. The summed E-state index contributed by atoms with van der Waals surface area (Å²) in [6, 6.07) is 79.8. The van der Waals surface area contributed by atoms with Crippen LogP contribution in [0.3, 0.4) is 0 Å². The summed E-state index contributed by atoms with van der Waals surface area (Å²) in [6.45, 7) is 0. The predicted molar refractivity (Wildman–Crippen MR) is 298 cm³/mol. The molecule has 0 atom stereocenters. The van der Waals surface area contributed by atoms with Gasteiger partial charge in [-0.15, -0.1) is 0 Å². The van der Waals surface area contributed by atoms with Crippen molar-refractivity contribution in [2.24, 2.45) is 0 Å². The number of allylic oxidation sites excluding steroid dienone is 4. The first-order valence-electron chi connectivity index (χ1n) is 24.1. The van der Waals surface area contributed by atoms with Gasteiger partial charge < -0.3 is 0 Å². The average molecular weight is 1040 g/mol. The molecule has 0 spiro atoms. The first kappa shape index (κ1) is 46.7. The van der Waals surface area contributed by atoms with Crippen LogP contribution in [0.4, 0.5) is 0 Å². The van der Waals surface area contributed by atoms with Crippen molar-refractivity contribution in [2.45, 2.75) is 22.0 Å².